The number of amides is 3. The molecule has 4 atom stereocenters. The summed E-state index contributed by atoms with van der Waals surface area (Å²) in [5.74, 6) is -3.02. The Morgan fingerprint density at radius 3 is 2.24 bits per heavy atom. The number of carbonyl (C=O) groups excluding carboxylic acids is 3. The van der Waals surface area contributed by atoms with Crippen molar-refractivity contribution < 1.29 is 29.4 Å². The van der Waals surface area contributed by atoms with Crippen LogP contribution in [0.5, 0.6) is 5.75 Å². The molecular weight excluding hydrogens is 528 g/mol. The third-order valence-electron chi connectivity index (χ3n) is 6.77. The van der Waals surface area contributed by atoms with Crippen LogP contribution in [0.25, 0.3) is 10.9 Å². The molecule has 0 fully saturated rings. The van der Waals surface area contributed by atoms with E-state index in [0.29, 0.717) is 24.9 Å². The molecule has 41 heavy (non-hydrogen) atoms. The van der Waals surface area contributed by atoms with Crippen molar-refractivity contribution in [2.75, 3.05) is 6.54 Å². The predicted octanol–water partition coefficient (Wildman–Crippen LogP) is 0.674. The molecule has 0 bridgehead atoms. The van der Waals surface area contributed by atoms with E-state index in [1.54, 1.807) is 18.3 Å². The fraction of sp³-hybridized carbons (Fsp3) is 0.379. The van der Waals surface area contributed by atoms with Crippen molar-refractivity contribution in [1.29, 1.82) is 0 Å². The Labute approximate surface area is 237 Å². The summed E-state index contributed by atoms with van der Waals surface area (Å²) >= 11 is 0. The van der Waals surface area contributed by atoms with Crippen molar-refractivity contribution in [2.45, 2.75) is 63.2 Å². The molecule has 1 heterocycles. The van der Waals surface area contributed by atoms with Crippen molar-refractivity contribution >= 4 is 34.6 Å². The fourth-order valence-corrected chi connectivity index (χ4v) is 4.41. The van der Waals surface area contributed by atoms with Gasteiger partial charge in [-0.2, -0.15) is 0 Å². The summed E-state index contributed by atoms with van der Waals surface area (Å²) in [5, 5.41) is 27.7. The number of carboxylic acid groups (broad SMARTS) is 1. The van der Waals surface area contributed by atoms with E-state index in [2.05, 4.69) is 20.9 Å². The number of benzene rings is 2. The summed E-state index contributed by atoms with van der Waals surface area (Å²) in [6.45, 7) is 1.83. The Hall–Kier alpha value is -4.42. The SMILES string of the molecule is CC(NC(=O)C(Cc1ccc(O)cc1)NC(=O)C(N)Cc1c[nH]c2ccccc12)C(=O)NC(CCCCN)C(=O)O. The average molecular weight is 567 g/mol. The van der Waals surface area contributed by atoms with Gasteiger partial charge < -0.3 is 42.6 Å². The number of aliphatic carboxylic acids is 1. The van der Waals surface area contributed by atoms with Gasteiger partial charge in [0.05, 0.1) is 6.04 Å². The lowest BCUT2D eigenvalue weighted by molar-refractivity contribution is -0.142. The molecule has 0 aliphatic heterocycles. The maximum Gasteiger partial charge on any atom is 0.326 e. The lowest BCUT2D eigenvalue weighted by Crippen LogP contribution is -2.57. The zero-order valence-corrected chi connectivity index (χ0v) is 22.9. The minimum atomic E-state index is -1.18. The van der Waals surface area contributed by atoms with E-state index in [1.807, 2.05) is 24.3 Å². The van der Waals surface area contributed by atoms with E-state index in [0.717, 1.165) is 16.5 Å². The first-order chi connectivity index (χ1) is 19.6. The minimum absolute atomic E-state index is 0.0456. The molecule has 10 N–H and O–H groups in total. The number of fused-ring (bicyclic) bond motifs is 1. The molecule has 0 spiro atoms. The number of nitrogens with two attached hydrogens (primary N) is 2. The molecule has 1 aromatic heterocycles. The molecule has 3 rings (SSSR count). The van der Waals surface area contributed by atoms with Crippen molar-refractivity contribution in [3.05, 3.63) is 65.9 Å². The number of hydrogen-bond donors (Lipinski definition) is 8. The van der Waals surface area contributed by atoms with Gasteiger partial charge in [0.15, 0.2) is 0 Å². The van der Waals surface area contributed by atoms with Crippen LogP contribution in [0.3, 0.4) is 0 Å². The van der Waals surface area contributed by atoms with Gasteiger partial charge in [0.25, 0.3) is 0 Å². The Bertz CT molecular complexity index is 1340. The van der Waals surface area contributed by atoms with E-state index < -0.39 is 47.9 Å². The number of aromatic hydroxyl groups is 1. The number of carboxylic acids is 1. The van der Waals surface area contributed by atoms with E-state index in [-0.39, 0.29) is 25.0 Å². The number of hydrogen-bond acceptors (Lipinski definition) is 7. The van der Waals surface area contributed by atoms with E-state index in [4.69, 9.17) is 11.5 Å². The number of unbranched alkanes of at least 4 members (excludes halogenated alkanes) is 1. The number of aromatic amines is 1. The zero-order chi connectivity index (χ0) is 29.9. The average Bonchev–Trinajstić information content (AvgIpc) is 3.35. The number of carbonyl (C=O) groups is 4. The van der Waals surface area contributed by atoms with Crippen molar-refractivity contribution in [1.82, 2.24) is 20.9 Å². The molecule has 3 amide bonds. The molecule has 0 aliphatic carbocycles. The molecule has 12 nitrogen and oxygen atoms in total. The van der Waals surface area contributed by atoms with Crippen LogP contribution in [0.4, 0.5) is 0 Å². The minimum Gasteiger partial charge on any atom is -0.508 e. The molecule has 220 valence electrons. The van der Waals surface area contributed by atoms with E-state index >= 15 is 0 Å². The van der Waals surface area contributed by atoms with Crippen molar-refractivity contribution in [3.63, 3.8) is 0 Å². The summed E-state index contributed by atoms with van der Waals surface area (Å²) in [6.07, 6.45) is 3.42. The van der Waals surface area contributed by atoms with Gasteiger partial charge >= 0.3 is 5.97 Å². The third-order valence-corrected chi connectivity index (χ3v) is 6.77. The van der Waals surface area contributed by atoms with Gasteiger partial charge in [-0.3, -0.25) is 14.4 Å². The highest BCUT2D eigenvalue weighted by Gasteiger charge is 2.29. The Morgan fingerprint density at radius 1 is 0.878 bits per heavy atom. The largest absolute Gasteiger partial charge is 0.508 e. The maximum absolute atomic E-state index is 13.3. The monoisotopic (exact) mass is 566 g/mol. The van der Waals surface area contributed by atoms with Crippen LogP contribution >= 0.6 is 0 Å². The van der Waals surface area contributed by atoms with Gasteiger partial charge in [-0.15, -0.1) is 0 Å². The van der Waals surface area contributed by atoms with E-state index in [9.17, 15) is 29.4 Å². The van der Waals surface area contributed by atoms with Gasteiger partial charge in [0.1, 0.15) is 23.9 Å². The molecule has 0 saturated heterocycles. The highest BCUT2D eigenvalue weighted by molar-refractivity contribution is 5.94. The molecule has 3 aromatic rings. The normalized spacial score (nSPS) is 14.0. The number of nitrogens with one attached hydrogen (secondary N) is 4. The van der Waals surface area contributed by atoms with Crippen molar-refractivity contribution in [3.8, 4) is 5.75 Å². The van der Waals surface area contributed by atoms with Crippen LogP contribution in [-0.4, -0.2) is 69.6 Å². The van der Waals surface area contributed by atoms with E-state index in [1.165, 1.54) is 19.1 Å². The zero-order valence-electron chi connectivity index (χ0n) is 22.9. The Morgan fingerprint density at radius 2 is 1.56 bits per heavy atom. The quantitative estimate of drug-likeness (QED) is 0.122. The van der Waals surface area contributed by atoms with Crippen LogP contribution in [0.15, 0.2) is 54.7 Å². The fourth-order valence-electron chi connectivity index (χ4n) is 4.41. The molecule has 0 radical (unpaired) electrons. The molecular formula is C29H38N6O6. The summed E-state index contributed by atoms with van der Waals surface area (Å²) in [4.78, 5) is 53.8. The van der Waals surface area contributed by atoms with Gasteiger partial charge in [-0.1, -0.05) is 30.3 Å². The first kappa shape index (κ1) is 31.1. The highest BCUT2D eigenvalue weighted by Crippen LogP contribution is 2.19. The smallest absolute Gasteiger partial charge is 0.326 e. The molecule has 12 heteroatoms. The number of para-hydroxylation sites is 1. The Kier molecular flexibility index (Phi) is 11.2. The number of rotatable bonds is 15. The lowest BCUT2D eigenvalue weighted by Gasteiger charge is -2.24. The summed E-state index contributed by atoms with van der Waals surface area (Å²) in [6, 6.07) is 9.50. The second-order valence-corrected chi connectivity index (χ2v) is 10.0. The van der Waals surface area contributed by atoms with Crippen LogP contribution in [0, 0.1) is 0 Å². The van der Waals surface area contributed by atoms with Crippen LogP contribution < -0.4 is 27.4 Å². The topological polar surface area (TPSA) is 213 Å². The number of phenolic OH excluding ortho intramolecular Hbond substituents is 1. The second kappa shape index (κ2) is 14.8. The van der Waals surface area contributed by atoms with Gasteiger partial charge in [0.2, 0.25) is 17.7 Å². The van der Waals surface area contributed by atoms with Gasteiger partial charge in [-0.25, -0.2) is 4.79 Å². The third kappa shape index (κ3) is 9.05. The lowest BCUT2D eigenvalue weighted by atomic mass is 10.0. The summed E-state index contributed by atoms with van der Waals surface area (Å²) in [5.41, 5.74) is 14.1. The summed E-state index contributed by atoms with van der Waals surface area (Å²) < 4.78 is 0. The van der Waals surface area contributed by atoms with Crippen molar-refractivity contribution in [2.24, 2.45) is 11.5 Å². The second-order valence-electron chi connectivity index (χ2n) is 10.0. The first-order valence-electron chi connectivity index (χ1n) is 13.5. The van der Waals surface area contributed by atoms with Gasteiger partial charge in [-0.05, 0) is 68.5 Å². The molecule has 2 aromatic carbocycles. The number of H-pyrrole nitrogens is 1. The van der Waals surface area contributed by atoms with Crippen LogP contribution in [-0.2, 0) is 32.0 Å². The molecule has 0 aliphatic rings. The first-order valence-corrected chi connectivity index (χ1v) is 13.5. The molecule has 0 saturated carbocycles. The van der Waals surface area contributed by atoms with Gasteiger partial charge in [0, 0.05) is 23.5 Å². The number of phenols is 1. The van der Waals surface area contributed by atoms with Crippen LogP contribution in [0.1, 0.15) is 37.3 Å². The standard InChI is InChI=1S/C29H38N6O6/c1-17(26(37)34-24(29(40)41)8-4-5-13-30)33-28(39)25(14-18-9-11-20(36)12-10-18)35-27(38)22(31)15-19-16-32-23-7-3-2-6-21(19)23/h2-3,6-7,9-12,16-17,22,24-25,32,36H,4-5,8,13-15,30-31H2,1H3,(H,33,39)(H,34,37)(H,35,38)(H,40,41). The summed E-state index contributed by atoms with van der Waals surface area (Å²) in [7, 11) is 0. The highest BCUT2D eigenvalue weighted by atomic mass is 16.4. The molecule has 4 unspecified atom stereocenters. The number of aromatic nitrogens is 1. The Balaban J connectivity index is 1.68. The maximum atomic E-state index is 13.3. The predicted molar refractivity (Wildman–Crippen MR) is 154 cm³/mol. The van der Waals surface area contributed by atoms with Crippen LogP contribution in [0.2, 0.25) is 0 Å².